The number of nitrogens with zero attached hydrogens (tertiary/aromatic N) is 3. The van der Waals surface area contributed by atoms with Crippen molar-refractivity contribution in [2.45, 2.75) is 25.9 Å². The molecule has 3 N–H and O–H groups in total. The molecule has 0 fully saturated rings. The number of pyridine rings is 1. The minimum absolute atomic E-state index is 0.0557. The van der Waals surface area contributed by atoms with E-state index in [0.29, 0.717) is 10.2 Å². The lowest BCUT2D eigenvalue weighted by molar-refractivity contribution is -0.118. The summed E-state index contributed by atoms with van der Waals surface area (Å²) in [7, 11) is 0. The first-order valence-electron chi connectivity index (χ1n) is 8.64. The molecular weight excluding hydrogens is 384 g/mol. The quantitative estimate of drug-likeness (QED) is 0.547. The van der Waals surface area contributed by atoms with Crippen LogP contribution in [0.5, 0.6) is 0 Å². The van der Waals surface area contributed by atoms with Crippen LogP contribution in [0.2, 0.25) is 0 Å². The first kappa shape index (κ1) is 21.7. The van der Waals surface area contributed by atoms with Gasteiger partial charge in [-0.05, 0) is 24.1 Å². The molecule has 2 rings (SSSR count). The number of amides is 2. The standard InChI is InChI=1S/C19H21F2N5O3/c1-4-6-13(25-19(28)29)12-7-8-22-14(9-12)16-15(10-23-26(16)18(20)21)24-17(27)11(3)5-2/h4-5,7-11,13,18,25H,1-2,6H2,3H3,(H,24,27)(H,28,29)/t11?,13-/m0/s1. The average molecular weight is 405 g/mol. The number of aromatic nitrogens is 3. The van der Waals surface area contributed by atoms with E-state index in [1.165, 1.54) is 24.4 Å². The topological polar surface area (TPSA) is 109 Å². The number of nitrogens with one attached hydrogen (secondary N) is 2. The molecule has 0 saturated carbocycles. The number of carbonyl (C=O) groups excluding carboxylic acids is 1. The van der Waals surface area contributed by atoms with Gasteiger partial charge in [0.2, 0.25) is 5.91 Å². The summed E-state index contributed by atoms with van der Waals surface area (Å²) in [5.41, 5.74) is 0.554. The summed E-state index contributed by atoms with van der Waals surface area (Å²) in [6.07, 6.45) is 4.48. The summed E-state index contributed by atoms with van der Waals surface area (Å²) in [6.45, 7) is 5.76. The van der Waals surface area contributed by atoms with Crippen molar-refractivity contribution < 1.29 is 23.5 Å². The third kappa shape index (κ3) is 5.24. The molecule has 0 spiro atoms. The Bertz CT molecular complexity index is 913. The normalized spacial score (nSPS) is 12.8. The van der Waals surface area contributed by atoms with Crippen LogP contribution >= 0.6 is 0 Å². The fourth-order valence-electron chi connectivity index (χ4n) is 2.60. The molecule has 0 saturated heterocycles. The summed E-state index contributed by atoms with van der Waals surface area (Å²) >= 11 is 0. The molecule has 2 amide bonds. The maximum absolute atomic E-state index is 13.5. The molecule has 2 atom stereocenters. The SMILES string of the molecule is C=CC[C@H](NC(=O)O)c1ccnc(-c2c(NC(=O)C(C)C=C)cnn2C(F)F)c1. The zero-order valence-electron chi connectivity index (χ0n) is 15.7. The molecule has 8 nitrogen and oxygen atoms in total. The first-order valence-corrected chi connectivity index (χ1v) is 8.64. The van der Waals surface area contributed by atoms with Gasteiger partial charge in [-0.25, -0.2) is 4.79 Å². The van der Waals surface area contributed by atoms with Crippen molar-refractivity contribution >= 4 is 17.7 Å². The number of rotatable bonds is 9. The smallest absolute Gasteiger partial charge is 0.405 e. The van der Waals surface area contributed by atoms with E-state index in [9.17, 15) is 18.4 Å². The van der Waals surface area contributed by atoms with Crippen molar-refractivity contribution in [3.63, 3.8) is 0 Å². The predicted molar refractivity (Wildman–Crippen MR) is 103 cm³/mol. The summed E-state index contributed by atoms with van der Waals surface area (Å²) in [4.78, 5) is 27.3. The van der Waals surface area contributed by atoms with E-state index in [1.54, 1.807) is 13.0 Å². The van der Waals surface area contributed by atoms with Crippen LogP contribution in [0.25, 0.3) is 11.4 Å². The van der Waals surface area contributed by atoms with Crippen molar-refractivity contribution in [3.05, 3.63) is 55.4 Å². The molecule has 0 aliphatic rings. The molecule has 0 aliphatic carbocycles. The van der Waals surface area contributed by atoms with Gasteiger partial charge in [0.15, 0.2) is 0 Å². The fraction of sp³-hybridized carbons (Fsp3) is 0.263. The molecule has 0 aromatic carbocycles. The van der Waals surface area contributed by atoms with Crippen LogP contribution in [0, 0.1) is 5.92 Å². The molecule has 0 aliphatic heterocycles. The van der Waals surface area contributed by atoms with Crippen molar-refractivity contribution in [1.29, 1.82) is 0 Å². The second-order valence-corrected chi connectivity index (χ2v) is 6.14. The summed E-state index contributed by atoms with van der Waals surface area (Å²) in [5.74, 6) is -0.989. The van der Waals surface area contributed by atoms with Gasteiger partial charge in [0.05, 0.1) is 29.5 Å². The summed E-state index contributed by atoms with van der Waals surface area (Å²) in [5, 5.41) is 17.6. The zero-order chi connectivity index (χ0) is 21.6. The first-order chi connectivity index (χ1) is 13.8. The Labute approximate surface area is 165 Å². The van der Waals surface area contributed by atoms with Crippen LogP contribution in [-0.4, -0.2) is 31.9 Å². The van der Waals surface area contributed by atoms with Crippen molar-refractivity contribution in [3.8, 4) is 11.4 Å². The van der Waals surface area contributed by atoms with Crippen LogP contribution in [0.3, 0.4) is 0 Å². The average Bonchev–Trinajstić information content (AvgIpc) is 3.10. The number of carboxylic acid groups (broad SMARTS) is 1. The van der Waals surface area contributed by atoms with Crippen LogP contribution in [0.4, 0.5) is 19.3 Å². The van der Waals surface area contributed by atoms with Gasteiger partial charge in [0.25, 0.3) is 0 Å². The molecule has 0 bridgehead atoms. The molecule has 29 heavy (non-hydrogen) atoms. The summed E-state index contributed by atoms with van der Waals surface area (Å²) in [6, 6.07) is 2.38. The molecule has 154 valence electrons. The zero-order valence-corrected chi connectivity index (χ0v) is 15.7. The highest BCUT2D eigenvalue weighted by atomic mass is 19.3. The van der Waals surface area contributed by atoms with E-state index < -0.39 is 30.5 Å². The largest absolute Gasteiger partial charge is 0.465 e. The van der Waals surface area contributed by atoms with Gasteiger partial charge in [-0.2, -0.15) is 18.6 Å². The number of hydrogen-bond acceptors (Lipinski definition) is 4. The number of alkyl halides is 2. The predicted octanol–water partition coefficient (Wildman–Crippen LogP) is 3.99. The van der Waals surface area contributed by atoms with E-state index in [-0.39, 0.29) is 23.5 Å². The van der Waals surface area contributed by atoms with Gasteiger partial charge >= 0.3 is 12.6 Å². The number of anilines is 1. The second-order valence-electron chi connectivity index (χ2n) is 6.14. The van der Waals surface area contributed by atoms with Gasteiger partial charge in [0, 0.05) is 6.20 Å². The van der Waals surface area contributed by atoms with E-state index in [1.807, 2.05) is 0 Å². The number of carbonyl (C=O) groups is 2. The van der Waals surface area contributed by atoms with Crippen LogP contribution in [0.15, 0.2) is 49.8 Å². The molecule has 0 radical (unpaired) electrons. The molecule has 10 heteroatoms. The van der Waals surface area contributed by atoms with Crippen LogP contribution < -0.4 is 10.6 Å². The minimum Gasteiger partial charge on any atom is -0.465 e. The Hall–Kier alpha value is -3.56. The third-order valence-electron chi connectivity index (χ3n) is 4.13. The summed E-state index contributed by atoms with van der Waals surface area (Å²) < 4.78 is 27.4. The monoisotopic (exact) mass is 405 g/mol. The Morgan fingerprint density at radius 2 is 2.10 bits per heavy atom. The van der Waals surface area contributed by atoms with Gasteiger partial charge in [0.1, 0.15) is 5.69 Å². The molecule has 2 heterocycles. The highest BCUT2D eigenvalue weighted by Gasteiger charge is 2.23. The Morgan fingerprint density at radius 1 is 1.38 bits per heavy atom. The third-order valence-corrected chi connectivity index (χ3v) is 4.13. The molecule has 2 aromatic rings. The molecule has 2 aromatic heterocycles. The van der Waals surface area contributed by atoms with E-state index in [2.05, 4.69) is 33.9 Å². The maximum atomic E-state index is 13.5. The molecule has 1 unspecified atom stereocenters. The number of hydrogen-bond donors (Lipinski definition) is 3. The Kier molecular flexibility index (Phi) is 7.18. The maximum Gasteiger partial charge on any atom is 0.405 e. The van der Waals surface area contributed by atoms with Crippen LogP contribution in [-0.2, 0) is 4.79 Å². The Balaban J connectivity index is 2.51. The Morgan fingerprint density at radius 3 is 2.69 bits per heavy atom. The van der Waals surface area contributed by atoms with E-state index in [4.69, 9.17) is 5.11 Å². The van der Waals surface area contributed by atoms with Crippen molar-refractivity contribution in [2.75, 3.05) is 5.32 Å². The molecular formula is C19H21F2N5O3. The lowest BCUT2D eigenvalue weighted by Gasteiger charge is -2.17. The lowest BCUT2D eigenvalue weighted by Crippen LogP contribution is -2.26. The van der Waals surface area contributed by atoms with Crippen molar-refractivity contribution in [1.82, 2.24) is 20.1 Å². The lowest BCUT2D eigenvalue weighted by atomic mass is 10.0. The van der Waals surface area contributed by atoms with Gasteiger partial charge < -0.3 is 15.7 Å². The second kappa shape index (κ2) is 9.58. The highest BCUT2D eigenvalue weighted by molar-refractivity contribution is 5.96. The number of halogens is 2. The van der Waals surface area contributed by atoms with Gasteiger partial charge in [-0.3, -0.25) is 9.78 Å². The minimum atomic E-state index is -2.97. The van der Waals surface area contributed by atoms with E-state index in [0.717, 1.165) is 6.20 Å². The van der Waals surface area contributed by atoms with Gasteiger partial charge in [-0.15, -0.1) is 13.2 Å². The van der Waals surface area contributed by atoms with Crippen molar-refractivity contribution in [2.24, 2.45) is 5.92 Å². The van der Waals surface area contributed by atoms with E-state index >= 15 is 0 Å². The van der Waals surface area contributed by atoms with Gasteiger partial charge in [-0.1, -0.05) is 19.1 Å². The highest BCUT2D eigenvalue weighted by Crippen LogP contribution is 2.32. The van der Waals surface area contributed by atoms with Crippen LogP contribution in [0.1, 0.15) is 31.5 Å². The fourth-order valence-corrected chi connectivity index (χ4v) is 2.60.